The fraction of sp³-hybridized carbons (Fsp3) is 0.200. The van der Waals surface area contributed by atoms with Crippen LogP contribution >= 0.6 is 0 Å². The fourth-order valence-corrected chi connectivity index (χ4v) is 1.83. The highest BCUT2D eigenvalue weighted by Crippen LogP contribution is 2.15. The maximum absolute atomic E-state index is 12.1. The number of nitrogen functional groups attached to an aromatic ring is 1. The predicted octanol–water partition coefficient (Wildman–Crippen LogP) is 2.46. The van der Waals surface area contributed by atoms with Gasteiger partial charge in [-0.2, -0.15) is 0 Å². The topological polar surface area (TPSA) is 68.0 Å². The third-order valence-electron chi connectivity index (χ3n) is 3.09. The molecule has 0 aliphatic carbocycles. The summed E-state index contributed by atoms with van der Waals surface area (Å²) in [5.41, 5.74) is 8.98. The lowest BCUT2D eigenvalue weighted by Crippen LogP contribution is -2.26. The minimum atomic E-state index is -0.104. The normalized spacial score (nSPS) is 11.9. The van der Waals surface area contributed by atoms with Gasteiger partial charge in [-0.05, 0) is 55.3 Å². The molecule has 0 aliphatic heterocycles. The summed E-state index contributed by atoms with van der Waals surface area (Å²) in [5.74, 6) is -0.104. The van der Waals surface area contributed by atoms with Crippen LogP contribution < -0.4 is 11.1 Å². The van der Waals surface area contributed by atoms with Crippen LogP contribution in [0.5, 0.6) is 0 Å². The van der Waals surface area contributed by atoms with Crippen LogP contribution in [0.25, 0.3) is 0 Å². The lowest BCUT2D eigenvalue weighted by molar-refractivity contribution is 0.0940. The first-order chi connectivity index (χ1) is 9.08. The molecule has 4 nitrogen and oxygen atoms in total. The number of carbonyl (C=O) groups is 1. The van der Waals surface area contributed by atoms with E-state index in [1.165, 1.54) is 0 Å². The lowest BCUT2D eigenvalue weighted by Gasteiger charge is -2.14. The van der Waals surface area contributed by atoms with Gasteiger partial charge in [-0.3, -0.25) is 9.78 Å². The van der Waals surface area contributed by atoms with Gasteiger partial charge in [-0.25, -0.2) is 0 Å². The second-order valence-electron chi connectivity index (χ2n) is 4.55. The van der Waals surface area contributed by atoms with Crippen molar-refractivity contribution in [2.24, 2.45) is 0 Å². The largest absolute Gasteiger partial charge is 0.399 e. The first-order valence-electron chi connectivity index (χ1n) is 6.15. The molecule has 0 saturated heterocycles. The molecule has 0 spiro atoms. The Balaban J connectivity index is 2.11. The van der Waals surface area contributed by atoms with E-state index >= 15 is 0 Å². The second kappa shape index (κ2) is 5.52. The Bertz CT molecular complexity index is 581. The van der Waals surface area contributed by atoms with Crippen molar-refractivity contribution in [1.29, 1.82) is 0 Å². The van der Waals surface area contributed by atoms with Crippen molar-refractivity contribution in [2.45, 2.75) is 19.9 Å². The van der Waals surface area contributed by atoms with Crippen LogP contribution in [0.2, 0.25) is 0 Å². The highest BCUT2D eigenvalue weighted by molar-refractivity contribution is 5.95. The molecule has 2 rings (SSSR count). The van der Waals surface area contributed by atoms with Gasteiger partial charge in [0.1, 0.15) is 0 Å². The Labute approximate surface area is 112 Å². The summed E-state index contributed by atoms with van der Waals surface area (Å²) in [7, 11) is 0. The smallest absolute Gasteiger partial charge is 0.251 e. The first kappa shape index (κ1) is 13.1. The molecule has 1 amide bonds. The number of anilines is 1. The van der Waals surface area contributed by atoms with E-state index in [-0.39, 0.29) is 11.9 Å². The summed E-state index contributed by atoms with van der Waals surface area (Å²) in [5, 5.41) is 2.95. The van der Waals surface area contributed by atoms with Crippen LogP contribution in [-0.4, -0.2) is 10.9 Å². The zero-order valence-corrected chi connectivity index (χ0v) is 11.1. The number of aryl methyl sites for hydroxylation is 1. The molecule has 1 aromatic carbocycles. The fourth-order valence-electron chi connectivity index (χ4n) is 1.83. The van der Waals surface area contributed by atoms with E-state index in [1.54, 1.807) is 30.6 Å². The van der Waals surface area contributed by atoms with Gasteiger partial charge in [0.15, 0.2) is 0 Å². The quantitative estimate of drug-likeness (QED) is 0.828. The monoisotopic (exact) mass is 255 g/mol. The van der Waals surface area contributed by atoms with E-state index < -0.39 is 0 Å². The number of carbonyl (C=O) groups excluding carboxylic acids is 1. The molecule has 0 aliphatic rings. The van der Waals surface area contributed by atoms with Crippen molar-refractivity contribution in [2.75, 3.05) is 5.73 Å². The number of hydrogen-bond donors (Lipinski definition) is 2. The van der Waals surface area contributed by atoms with E-state index in [4.69, 9.17) is 5.73 Å². The third-order valence-corrected chi connectivity index (χ3v) is 3.09. The van der Waals surface area contributed by atoms with Crippen LogP contribution in [0.3, 0.4) is 0 Å². The number of nitrogens with one attached hydrogen (secondary N) is 1. The minimum absolute atomic E-state index is 0.0617. The number of hydrogen-bond acceptors (Lipinski definition) is 3. The SMILES string of the molecule is Cc1cc(C(=O)NC(C)c2ccncc2)ccc1N. The summed E-state index contributed by atoms with van der Waals surface area (Å²) in [4.78, 5) is 16.1. The van der Waals surface area contributed by atoms with E-state index in [0.717, 1.165) is 11.1 Å². The molecule has 3 N–H and O–H groups in total. The molecule has 2 aromatic rings. The van der Waals surface area contributed by atoms with E-state index in [9.17, 15) is 4.79 Å². The number of aromatic nitrogens is 1. The molecule has 0 fully saturated rings. The van der Waals surface area contributed by atoms with Gasteiger partial charge in [-0.15, -0.1) is 0 Å². The van der Waals surface area contributed by atoms with Crippen molar-refractivity contribution in [3.63, 3.8) is 0 Å². The van der Waals surface area contributed by atoms with E-state index in [2.05, 4.69) is 10.3 Å². The molecular weight excluding hydrogens is 238 g/mol. The highest BCUT2D eigenvalue weighted by Gasteiger charge is 2.11. The van der Waals surface area contributed by atoms with Crippen molar-refractivity contribution < 1.29 is 4.79 Å². The second-order valence-corrected chi connectivity index (χ2v) is 4.55. The van der Waals surface area contributed by atoms with Crippen LogP contribution in [0.15, 0.2) is 42.7 Å². The van der Waals surface area contributed by atoms with Crippen LogP contribution in [0.4, 0.5) is 5.69 Å². The van der Waals surface area contributed by atoms with Crippen LogP contribution in [0, 0.1) is 6.92 Å². The Kier molecular flexibility index (Phi) is 3.80. The third kappa shape index (κ3) is 3.10. The van der Waals surface area contributed by atoms with Crippen molar-refractivity contribution in [3.8, 4) is 0 Å². The Morgan fingerprint density at radius 2 is 1.95 bits per heavy atom. The zero-order valence-electron chi connectivity index (χ0n) is 11.1. The average molecular weight is 255 g/mol. The van der Waals surface area contributed by atoms with Gasteiger partial charge in [-0.1, -0.05) is 0 Å². The van der Waals surface area contributed by atoms with Gasteiger partial charge >= 0.3 is 0 Å². The lowest BCUT2D eigenvalue weighted by atomic mass is 10.1. The number of rotatable bonds is 3. The van der Waals surface area contributed by atoms with Gasteiger partial charge in [0.25, 0.3) is 5.91 Å². The molecule has 4 heteroatoms. The van der Waals surface area contributed by atoms with Crippen molar-refractivity contribution in [1.82, 2.24) is 10.3 Å². The predicted molar refractivity (Wildman–Crippen MR) is 75.7 cm³/mol. The highest BCUT2D eigenvalue weighted by atomic mass is 16.1. The van der Waals surface area contributed by atoms with Gasteiger partial charge in [0.2, 0.25) is 0 Å². The number of nitrogens with zero attached hydrogens (tertiary/aromatic N) is 1. The number of amides is 1. The maximum Gasteiger partial charge on any atom is 0.251 e. The standard InChI is InChI=1S/C15H17N3O/c1-10-9-13(3-4-14(10)16)15(19)18-11(2)12-5-7-17-8-6-12/h3-9,11H,16H2,1-2H3,(H,18,19). The summed E-state index contributed by atoms with van der Waals surface area (Å²) >= 11 is 0. The summed E-state index contributed by atoms with van der Waals surface area (Å²) < 4.78 is 0. The van der Waals surface area contributed by atoms with Gasteiger partial charge in [0, 0.05) is 23.6 Å². The molecule has 0 radical (unpaired) electrons. The molecule has 1 unspecified atom stereocenters. The zero-order chi connectivity index (χ0) is 13.8. The Hall–Kier alpha value is -2.36. The molecule has 1 atom stereocenters. The molecule has 1 heterocycles. The minimum Gasteiger partial charge on any atom is -0.399 e. The Morgan fingerprint density at radius 1 is 1.26 bits per heavy atom. The number of benzene rings is 1. The number of nitrogens with two attached hydrogens (primary N) is 1. The Morgan fingerprint density at radius 3 is 2.58 bits per heavy atom. The van der Waals surface area contributed by atoms with Crippen LogP contribution in [-0.2, 0) is 0 Å². The van der Waals surface area contributed by atoms with Crippen LogP contribution in [0.1, 0.15) is 34.5 Å². The van der Waals surface area contributed by atoms with Crippen molar-refractivity contribution >= 4 is 11.6 Å². The van der Waals surface area contributed by atoms with Crippen molar-refractivity contribution in [3.05, 3.63) is 59.4 Å². The summed E-state index contributed by atoms with van der Waals surface area (Å²) in [6, 6.07) is 8.99. The maximum atomic E-state index is 12.1. The molecule has 0 saturated carbocycles. The molecule has 98 valence electrons. The molecular formula is C15H17N3O. The van der Waals surface area contributed by atoms with E-state index in [0.29, 0.717) is 11.3 Å². The van der Waals surface area contributed by atoms with E-state index in [1.807, 2.05) is 26.0 Å². The summed E-state index contributed by atoms with van der Waals surface area (Å²) in [6.07, 6.45) is 3.43. The molecule has 0 bridgehead atoms. The first-order valence-corrected chi connectivity index (χ1v) is 6.15. The number of pyridine rings is 1. The van der Waals surface area contributed by atoms with Gasteiger partial charge in [0.05, 0.1) is 6.04 Å². The molecule has 1 aromatic heterocycles. The van der Waals surface area contributed by atoms with Gasteiger partial charge < -0.3 is 11.1 Å². The average Bonchev–Trinajstić information content (AvgIpc) is 2.42. The summed E-state index contributed by atoms with van der Waals surface area (Å²) in [6.45, 7) is 3.83. The molecule has 19 heavy (non-hydrogen) atoms.